The summed E-state index contributed by atoms with van der Waals surface area (Å²) in [7, 11) is 1.47. The van der Waals surface area contributed by atoms with Crippen LogP contribution in [0.15, 0.2) is 18.2 Å². The second-order valence-corrected chi connectivity index (χ2v) is 3.66. The van der Waals surface area contributed by atoms with Crippen LogP contribution < -0.4 is 11.1 Å². The molecule has 1 amide bonds. The van der Waals surface area contributed by atoms with E-state index in [1.165, 1.54) is 7.11 Å². The number of amides is 1. The number of anilines is 1. The standard InChI is InChI=1S/C12H15N3O2/c1-8-4-3-5-11(9(8)6-13)15-12(16)10(14)7-17-2/h3-5,10H,7,14H2,1-2H3,(H,15,16). The van der Waals surface area contributed by atoms with Gasteiger partial charge in [0.25, 0.3) is 0 Å². The molecule has 1 unspecified atom stereocenters. The van der Waals surface area contributed by atoms with Gasteiger partial charge in [0.2, 0.25) is 5.91 Å². The van der Waals surface area contributed by atoms with Crippen LogP contribution in [-0.4, -0.2) is 25.7 Å². The predicted molar refractivity (Wildman–Crippen MR) is 64.4 cm³/mol. The van der Waals surface area contributed by atoms with Gasteiger partial charge in [0.1, 0.15) is 12.1 Å². The molecule has 5 nitrogen and oxygen atoms in total. The summed E-state index contributed by atoms with van der Waals surface area (Å²) in [5.41, 5.74) is 7.32. The minimum atomic E-state index is -0.743. The number of methoxy groups -OCH3 is 1. The Hall–Kier alpha value is -1.90. The second kappa shape index (κ2) is 5.99. The van der Waals surface area contributed by atoms with Crippen molar-refractivity contribution in [2.24, 2.45) is 5.73 Å². The third-order valence-corrected chi connectivity index (χ3v) is 2.33. The Morgan fingerprint density at radius 1 is 1.65 bits per heavy atom. The Morgan fingerprint density at radius 3 is 2.94 bits per heavy atom. The fraction of sp³-hybridized carbons (Fsp3) is 0.333. The quantitative estimate of drug-likeness (QED) is 0.804. The van der Waals surface area contributed by atoms with Crippen LogP contribution in [0.5, 0.6) is 0 Å². The Kier molecular flexibility index (Phi) is 4.64. The Morgan fingerprint density at radius 2 is 2.35 bits per heavy atom. The number of benzene rings is 1. The SMILES string of the molecule is COCC(N)C(=O)Nc1cccc(C)c1C#N. The van der Waals surface area contributed by atoms with E-state index in [2.05, 4.69) is 11.4 Å². The number of carbonyl (C=O) groups is 1. The maximum absolute atomic E-state index is 11.7. The van der Waals surface area contributed by atoms with Gasteiger partial charge < -0.3 is 15.8 Å². The first-order valence-electron chi connectivity index (χ1n) is 5.15. The molecule has 17 heavy (non-hydrogen) atoms. The van der Waals surface area contributed by atoms with E-state index in [4.69, 9.17) is 15.7 Å². The van der Waals surface area contributed by atoms with Crippen LogP contribution in [0.2, 0.25) is 0 Å². The maximum atomic E-state index is 11.7. The van der Waals surface area contributed by atoms with Crippen molar-refractivity contribution in [3.63, 3.8) is 0 Å². The Balaban J connectivity index is 2.86. The molecule has 3 N–H and O–H groups in total. The number of nitrogens with zero attached hydrogens (tertiary/aromatic N) is 1. The fourth-order valence-electron chi connectivity index (χ4n) is 1.40. The lowest BCUT2D eigenvalue weighted by atomic mass is 10.1. The fourth-order valence-corrected chi connectivity index (χ4v) is 1.40. The van der Waals surface area contributed by atoms with Gasteiger partial charge in [0, 0.05) is 7.11 Å². The third-order valence-electron chi connectivity index (χ3n) is 2.33. The summed E-state index contributed by atoms with van der Waals surface area (Å²) in [4.78, 5) is 11.7. The molecule has 1 rings (SSSR count). The summed E-state index contributed by atoms with van der Waals surface area (Å²) >= 11 is 0. The lowest BCUT2D eigenvalue weighted by Crippen LogP contribution is -2.39. The molecule has 90 valence electrons. The van der Waals surface area contributed by atoms with Crippen molar-refractivity contribution in [2.45, 2.75) is 13.0 Å². The zero-order chi connectivity index (χ0) is 12.8. The van der Waals surface area contributed by atoms with Gasteiger partial charge in [-0.2, -0.15) is 5.26 Å². The molecule has 0 bridgehead atoms. The van der Waals surface area contributed by atoms with Gasteiger partial charge in [-0.3, -0.25) is 4.79 Å². The smallest absolute Gasteiger partial charge is 0.243 e. The van der Waals surface area contributed by atoms with E-state index in [9.17, 15) is 4.79 Å². The van der Waals surface area contributed by atoms with E-state index in [0.29, 0.717) is 11.3 Å². The minimum absolute atomic E-state index is 0.138. The normalized spacial score (nSPS) is 11.6. The van der Waals surface area contributed by atoms with Gasteiger partial charge in [-0.1, -0.05) is 12.1 Å². The van der Waals surface area contributed by atoms with E-state index in [0.717, 1.165) is 5.56 Å². The molecular formula is C12H15N3O2. The first-order chi connectivity index (χ1) is 8.10. The van der Waals surface area contributed by atoms with Crippen LogP contribution in [0.25, 0.3) is 0 Å². The maximum Gasteiger partial charge on any atom is 0.243 e. The van der Waals surface area contributed by atoms with Gasteiger partial charge in [0.15, 0.2) is 0 Å². The molecule has 1 aromatic rings. The number of nitriles is 1. The van der Waals surface area contributed by atoms with E-state index >= 15 is 0 Å². The number of nitrogens with one attached hydrogen (secondary N) is 1. The highest BCUT2D eigenvalue weighted by Crippen LogP contribution is 2.18. The number of ether oxygens (including phenoxy) is 1. The molecule has 0 aliphatic carbocycles. The zero-order valence-electron chi connectivity index (χ0n) is 9.86. The zero-order valence-corrected chi connectivity index (χ0v) is 9.86. The van der Waals surface area contributed by atoms with E-state index < -0.39 is 6.04 Å². The van der Waals surface area contributed by atoms with E-state index in [-0.39, 0.29) is 12.5 Å². The second-order valence-electron chi connectivity index (χ2n) is 3.66. The largest absolute Gasteiger partial charge is 0.383 e. The summed E-state index contributed by atoms with van der Waals surface area (Å²) in [6.07, 6.45) is 0. The average Bonchev–Trinajstić information content (AvgIpc) is 2.29. The third kappa shape index (κ3) is 3.28. The molecule has 0 fully saturated rings. The van der Waals surface area contributed by atoms with Crippen LogP contribution in [0.4, 0.5) is 5.69 Å². The molecule has 0 saturated heterocycles. The van der Waals surface area contributed by atoms with E-state index in [1.54, 1.807) is 12.1 Å². The van der Waals surface area contributed by atoms with Crippen LogP contribution >= 0.6 is 0 Å². The summed E-state index contributed by atoms with van der Waals surface area (Å²) in [5.74, 6) is -0.367. The monoisotopic (exact) mass is 233 g/mol. The van der Waals surface area contributed by atoms with E-state index in [1.807, 2.05) is 13.0 Å². The summed E-state index contributed by atoms with van der Waals surface area (Å²) in [6.45, 7) is 1.95. The van der Waals surface area contributed by atoms with Gasteiger partial charge in [0.05, 0.1) is 17.9 Å². The minimum Gasteiger partial charge on any atom is -0.383 e. The van der Waals surface area contributed by atoms with Crippen molar-refractivity contribution in [3.8, 4) is 6.07 Å². The number of hydrogen-bond donors (Lipinski definition) is 2. The first-order valence-corrected chi connectivity index (χ1v) is 5.15. The molecule has 1 aromatic carbocycles. The van der Waals surface area contributed by atoms with Gasteiger partial charge in [-0.15, -0.1) is 0 Å². The molecule has 0 saturated carbocycles. The Labute approximate surface area is 100 Å². The molecule has 0 radical (unpaired) electrons. The lowest BCUT2D eigenvalue weighted by Gasteiger charge is -2.12. The molecule has 0 aliphatic rings. The summed E-state index contributed by atoms with van der Waals surface area (Å²) in [5, 5.41) is 11.6. The molecular weight excluding hydrogens is 218 g/mol. The molecule has 0 spiro atoms. The molecule has 0 heterocycles. The highest BCUT2D eigenvalue weighted by molar-refractivity contribution is 5.96. The highest BCUT2D eigenvalue weighted by Gasteiger charge is 2.15. The lowest BCUT2D eigenvalue weighted by molar-refractivity contribution is -0.118. The molecule has 1 atom stereocenters. The van der Waals surface area contributed by atoms with Crippen molar-refractivity contribution >= 4 is 11.6 Å². The topological polar surface area (TPSA) is 88.1 Å². The van der Waals surface area contributed by atoms with Crippen LogP contribution in [-0.2, 0) is 9.53 Å². The number of nitrogens with two attached hydrogens (primary N) is 1. The van der Waals surface area contributed by atoms with Gasteiger partial charge in [-0.05, 0) is 18.6 Å². The van der Waals surface area contributed by atoms with Crippen molar-refractivity contribution in [2.75, 3.05) is 19.0 Å². The van der Waals surface area contributed by atoms with Gasteiger partial charge in [-0.25, -0.2) is 0 Å². The molecule has 0 aliphatic heterocycles. The summed E-state index contributed by atoms with van der Waals surface area (Å²) < 4.78 is 4.79. The highest BCUT2D eigenvalue weighted by atomic mass is 16.5. The van der Waals surface area contributed by atoms with Crippen molar-refractivity contribution in [1.82, 2.24) is 0 Å². The molecule has 0 aromatic heterocycles. The number of carbonyl (C=O) groups excluding carboxylic acids is 1. The van der Waals surface area contributed by atoms with Gasteiger partial charge >= 0.3 is 0 Å². The van der Waals surface area contributed by atoms with Crippen LogP contribution in [0, 0.1) is 18.3 Å². The van der Waals surface area contributed by atoms with Crippen molar-refractivity contribution in [1.29, 1.82) is 5.26 Å². The van der Waals surface area contributed by atoms with Crippen molar-refractivity contribution in [3.05, 3.63) is 29.3 Å². The van der Waals surface area contributed by atoms with Crippen LogP contribution in [0.1, 0.15) is 11.1 Å². The average molecular weight is 233 g/mol. The first kappa shape index (κ1) is 13.2. The number of rotatable bonds is 4. The molecule has 5 heteroatoms. The Bertz CT molecular complexity index is 452. The number of hydrogen-bond acceptors (Lipinski definition) is 4. The number of aryl methyl sites for hydroxylation is 1. The predicted octanol–water partition coefficient (Wildman–Crippen LogP) is 0.779. The van der Waals surface area contributed by atoms with Crippen molar-refractivity contribution < 1.29 is 9.53 Å². The summed E-state index contributed by atoms with van der Waals surface area (Å²) in [6, 6.07) is 6.56. The van der Waals surface area contributed by atoms with Crippen LogP contribution in [0.3, 0.4) is 0 Å².